The number of unbranched alkanes of at least 4 members (excludes halogenated alkanes) is 47. The lowest BCUT2D eigenvalue weighted by atomic mass is 10.0. The van der Waals surface area contributed by atoms with Crippen LogP contribution in [0.2, 0.25) is 0 Å². The number of carbonyl (C=O) groups excluding carboxylic acids is 3. The molecular weight excluding hydrogens is 1020 g/mol. The molecular formula is C77H140O6. The number of carbonyl (C=O) groups is 3. The molecule has 83 heavy (non-hydrogen) atoms. The summed E-state index contributed by atoms with van der Waals surface area (Å²) in [6, 6.07) is 0. The van der Waals surface area contributed by atoms with Crippen molar-refractivity contribution in [2.45, 2.75) is 399 Å². The van der Waals surface area contributed by atoms with E-state index in [0.29, 0.717) is 19.3 Å². The smallest absolute Gasteiger partial charge is 0.306 e. The topological polar surface area (TPSA) is 78.9 Å². The molecule has 6 nitrogen and oxygen atoms in total. The Balaban J connectivity index is 4.30. The van der Waals surface area contributed by atoms with E-state index in [-0.39, 0.29) is 31.1 Å². The van der Waals surface area contributed by atoms with E-state index in [9.17, 15) is 14.4 Å². The van der Waals surface area contributed by atoms with Gasteiger partial charge in [-0.1, -0.05) is 351 Å². The summed E-state index contributed by atoms with van der Waals surface area (Å²) in [4.78, 5) is 38.5. The minimum absolute atomic E-state index is 0.0728. The van der Waals surface area contributed by atoms with Gasteiger partial charge in [0.1, 0.15) is 13.2 Å². The van der Waals surface area contributed by atoms with Gasteiger partial charge < -0.3 is 14.2 Å². The first kappa shape index (κ1) is 80.1. The largest absolute Gasteiger partial charge is 0.462 e. The van der Waals surface area contributed by atoms with Crippen LogP contribution in [0.25, 0.3) is 0 Å². The van der Waals surface area contributed by atoms with Gasteiger partial charge in [-0.3, -0.25) is 14.4 Å². The summed E-state index contributed by atoms with van der Waals surface area (Å²) in [5, 5.41) is 0. The van der Waals surface area contributed by atoms with Gasteiger partial charge >= 0.3 is 17.9 Å². The lowest BCUT2D eigenvalue weighted by molar-refractivity contribution is -0.167. The summed E-state index contributed by atoms with van der Waals surface area (Å²) in [5.41, 5.74) is 0. The second-order valence-electron chi connectivity index (χ2n) is 24.8. The van der Waals surface area contributed by atoms with Crippen molar-refractivity contribution in [3.63, 3.8) is 0 Å². The molecule has 0 bridgehead atoms. The SMILES string of the molecule is CC/C=C\C/C=C\C/C=C\C/C=C\CCCCCCCCCCCCC(=O)OC(COC(=O)CCCCCCCCC/C=C\CCCCCCCC)COC(=O)CCCCCCCCCCCCCCCCCCCCCCCCCCC. The van der Waals surface area contributed by atoms with E-state index < -0.39 is 6.10 Å². The van der Waals surface area contributed by atoms with Crippen LogP contribution >= 0.6 is 0 Å². The molecule has 0 N–H and O–H groups in total. The molecule has 0 aliphatic heterocycles. The Bertz CT molecular complexity index is 1470. The molecule has 0 aromatic carbocycles. The summed E-state index contributed by atoms with van der Waals surface area (Å²) < 4.78 is 17.0. The first-order chi connectivity index (χ1) is 41.0. The minimum Gasteiger partial charge on any atom is -0.462 e. The van der Waals surface area contributed by atoms with Gasteiger partial charge in [0.05, 0.1) is 0 Å². The summed E-state index contributed by atoms with van der Waals surface area (Å²) >= 11 is 0. The van der Waals surface area contributed by atoms with E-state index in [0.717, 1.165) is 83.5 Å². The molecule has 6 heteroatoms. The molecule has 0 saturated carbocycles. The predicted molar refractivity (Wildman–Crippen MR) is 362 cm³/mol. The van der Waals surface area contributed by atoms with Gasteiger partial charge in [-0.25, -0.2) is 0 Å². The highest BCUT2D eigenvalue weighted by atomic mass is 16.6. The van der Waals surface area contributed by atoms with Crippen LogP contribution in [0.3, 0.4) is 0 Å². The zero-order valence-corrected chi connectivity index (χ0v) is 55.7. The Hall–Kier alpha value is -2.89. The van der Waals surface area contributed by atoms with Crippen molar-refractivity contribution < 1.29 is 28.6 Å². The predicted octanol–water partition coefficient (Wildman–Crippen LogP) is 25.5. The molecule has 0 aromatic heterocycles. The maximum Gasteiger partial charge on any atom is 0.306 e. The maximum absolute atomic E-state index is 13.0. The van der Waals surface area contributed by atoms with E-state index in [2.05, 4.69) is 81.5 Å². The molecule has 0 saturated heterocycles. The van der Waals surface area contributed by atoms with Gasteiger partial charge in [-0.15, -0.1) is 0 Å². The van der Waals surface area contributed by atoms with Crippen LogP contribution in [-0.2, 0) is 28.6 Å². The molecule has 1 atom stereocenters. The van der Waals surface area contributed by atoms with Crippen molar-refractivity contribution in [2.24, 2.45) is 0 Å². The molecule has 0 rings (SSSR count). The lowest BCUT2D eigenvalue weighted by Crippen LogP contribution is -2.30. The van der Waals surface area contributed by atoms with E-state index in [1.54, 1.807) is 0 Å². The average molecular weight is 1160 g/mol. The highest BCUT2D eigenvalue weighted by Gasteiger charge is 2.19. The Morgan fingerprint density at radius 2 is 0.470 bits per heavy atom. The molecule has 0 spiro atoms. The van der Waals surface area contributed by atoms with Gasteiger partial charge in [0.25, 0.3) is 0 Å². The molecule has 0 amide bonds. The number of allylic oxidation sites excluding steroid dienone is 10. The van der Waals surface area contributed by atoms with Crippen molar-refractivity contribution in [3.05, 3.63) is 60.8 Å². The Morgan fingerprint density at radius 3 is 0.747 bits per heavy atom. The first-order valence-corrected chi connectivity index (χ1v) is 36.8. The average Bonchev–Trinajstić information content (AvgIpc) is 3.49. The van der Waals surface area contributed by atoms with Gasteiger partial charge in [-0.05, 0) is 83.5 Å². The molecule has 0 aliphatic carbocycles. The van der Waals surface area contributed by atoms with Gasteiger partial charge in [-0.2, -0.15) is 0 Å². The number of rotatable bonds is 68. The van der Waals surface area contributed by atoms with Crippen molar-refractivity contribution in [2.75, 3.05) is 13.2 Å². The molecule has 0 aliphatic rings. The second-order valence-corrected chi connectivity index (χ2v) is 24.8. The normalized spacial score (nSPS) is 12.4. The Morgan fingerprint density at radius 1 is 0.253 bits per heavy atom. The highest BCUT2D eigenvalue weighted by molar-refractivity contribution is 5.71. The van der Waals surface area contributed by atoms with Gasteiger partial charge in [0.15, 0.2) is 6.10 Å². The fourth-order valence-corrected chi connectivity index (χ4v) is 11.0. The number of ether oxygens (including phenoxy) is 3. The van der Waals surface area contributed by atoms with Crippen LogP contribution in [0, 0.1) is 0 Å². The van der Waals surface area contributed by atoms with Crippen LogP contribution in [-0.4, -0.2) is 37.2 Å². The van der Waals surface area contributed by atoms with Crippen LogP contribution in [0.15, 0.2) is 60.8 Å². The number of esters is 3. The monoisotopic (exact) mass is 1160 g/mol. The van der Waals surface area contributed by atoms with E-state index in [1.807, 2.05) is 0 Å². The van der Waals surface area contributed by atoms with Crippen LogP contribution < -0.4 is 0 Å². The Kier molecular flexibility index (Phi) is 69.1. The fraction of sp³-hybridized carbons (Fsp3) is 0.831. The highest BCUT2D eigenvalue weighted by Crippen LogP contribution is 2.19. The summed E-state index contributed by atoms with van der Waals surface area (Å²) in [7, 11) is 0. The van der Waals surface area contributed by atoms with Crippen molar-refractivity contribution in [3.8, 4) is 0 Å². The summed E-state index contributed by atoms with van der Waals surface area (Å²) in [6.45, 7) is 6.59. The third kappa shape index (κ3) is 69.8. The van der Waals surface area contributed by atoms with Crippen molar-refractivity contribution >= 4 is 17.9 Å². The van der Waals surface area contributed by atoms with E-state index >= 15 is 0 Å². The second kappa shape index (κ2) is 71.6. The Labute approximate surface area is 517 Å². The van der Waals surface area contributed by atoms with E-state index in [1.165, 1.54) is 270 Å². The molecule has 0 aromatic rings. The molecule has 1 unspecified atom stereocenters. The van der Waals surface area contributed by atoms with Crippen LogP contribution in [0.4, 0.5) is 0 Å². The molecule has 0 radical (unpaired) electrons. The lowest BCUT2D eigenvalue weighted by Gasteiger charge is -2.18. The zero-order chi connectivity index (χ0) is 59.9. The molecule has 0 heterocycles. The van der Waals surface area contributed by atoms with Crippen LogP contribution in [0.5, 0.6) is 0 Å². The third-order valence-electron chi connectivity index (χ3n) is 16.5. The summed E-state index contributed by atoms with van der Waals surface area (Å²) in [5.74, 6) is -0.854. The quantitative estimate of drug-likeness (QED) is 0.0261. The fourth-order valence-electron chi connectivity index (χ4n) is 11.0. The maximum atomic E-state index is 13.0. The molecule has 0 fully saturated rings. The van der Waals surface area contributed by atoms with Crippen molar-refractivity contribution in [1.82, 2.24) is 0 Å². The van der Waals surface area contributed by atoms with Crippen LogP contribution in [0.1, 0.15) is 393 Å². The van der Waals surface area contributed by atoms with Gasteiger partial charge in [0.2, 0.25) is 0 Å². The first-order valence-electron chi connectivity index (χ1n) is 36.8. The molecule has 484 valence electrons. The summed E-state index contributed by atoms with van der Waals surface area (Å²) in [6.07, 6.45) is 92.5. The number of hydrogen-bond donors (Lipinski definition) is 0. The minimum atomic E-state index is -0.779. The number of hydrogen-bond acceptors (Lipinski definition) is 6. The third-order valence-corrected chi connectivity index (χ3v) is 16.5. The van der Waals surface area contributed by atoms with Crippen molar-refractivity contribution in [1.29, 1.82) is 0 Å². The van der Waals surface area contributed by atoms with Gasteiger partial charge in [0, 0.05) is 19.3 Å². The van der Waals surface area contributed by atoms with E-state index in [4.69, 9.17) is 14.2 Å². The zero-order valence-electron chi connectivity index (χ0n) is 55.7. The standard InChI is InChI=1S/C77H140O6/c1-4-7-10-13-16-19-22-25-28-31-33-35-37-38-40-41-43-46-49-52-55-58-61-64-67-70-76(79)82-73-74(72-81-75(78)69-66-63-60-57-54-51-48-45-30-27-24-21-18-15-12-9-6-3)83-77(80)71-68-65-62-59-56-53-50-47-44-42-39-36-34-32-29-26-23-20-17-14-11-8-5-2/h8,11,17,20,26-27,29-30,34,36,74H,4-7,9-10,12-16,18-19,21-25,28,31-33,35,37-73H2,1-3H3/b11-8-,20-17-,29-26-,30-27-,36-34-.